The molecule has 1 aromatic carbocycles. The number of hydrogen-bond acceptors (Lipinski definition) is 7. The summed E-state index contributed by atoms with van der Waals surface area (Å²) in [6.07, 6.45) is 7.93. The van der Waals surface area contributed by atoms with E-state index in [4.69, 9.17) is 9.97 Å². The number of pyridine rings is 1. The summed E-state index contributed by atoms with van der Waals surface area (Å²) in [5, 5.41) is 0. The van der Waals surface area contributed by atoms with Crippen LogP contribution < -0.4 is 4.90 Å². The van der Waals surface area contributed by atoms with Crippen LogP contribution in [0.4, 0.5) is 5.82 Å². The fourth-order valence-electron chi connectivity index (χ4n) is 4.64. The minimum Gasteiger partial charge on any atom is -0.356 e. The molecule has 0 saturated carbocycles. The first kappa shape index (κ1) is 22.0. The third kappa shape index (κ3) is 4.91. The minimum absolute atomic E-state index is 0.112. The van der Waals surface area contributed by atoms with Gasteiger partial charge in [-0.3, -0.25) is 9.88 Å². The van der Waals surface area contributed by atoms with Crippen molar-refractivity contribution >= 4 is 15.7 Å². The Labute approximate surface area is 195 Å². The summed E-state index contributed by atoms with van der Waals surface area (Å²) in [5.41, 5.74) is 3.21. The largest absolute Gasteiger partial charge is 0.356 e. The van der Waals surface area contributed by atoms with Crippen LogP contribution in [0, 0.1) is 0 Å². The average Bonchev–Trinajstić information content (AvgIpc) is 2.88. The average molecular weight is 464 g/mol. The van der Waals surface area contributed by atoms with Crippen LogP contribution in [0.15, 0.2) is 59.8 Å². The molecule has 1 fully saturated rings. The first-order valence-corrected chi connectivity index (χ1v) is 13.3. The van der Waals surface area contributed by atoms with Gasteiger partial charge in [-0.05, 0) is 43.5 Å². The van der Waals surface area contributed by atoms with Crippen molar-refractivity contribution in [3.63, 3.8) is 0 Å². The van der Waals surface area contributed by atoms with Gasteiger partial charge in [0.15, 0.2) is 15.7 Å². The predicted octanol–water partition coefficient (Wildman–Crippen LogP) is 3.36. The van der Waals surface area contributed by atoms with E-state index in [0.29, 0.717) is 18.0 Å². The Balaban J connectivity index is 1.40. The summed E-state index contributed by atoms with van der Waals surface area (Å²) in [6, 6.07) is 12.6. The molecule has 5 rings (SSSR count). The van der Waals surface area contributed by atoms with Crippen LogP contribution in [0.3, 0.4) is 0 Å². The van der Waals surface area contributed by atoms with Crippen molar-refractivity contribution in [3.05, 3.63) is 66.1 Å². The molecular formula is C25H29N5O2S. The van der Waals surface area contributed by atoms with Gasteiger partial charge in [0.2, 0.25) is 0 Å². The molecule has 0 radical (unpaired) electrons. The lowest BCUT2D eigenvalue weighted by Crippen LogP contribution is -2.38. The fraction of sp³-hybridized carbons (Fsp3) is 0.400. The molecule has 0 atom stereocenters. The van der Waals surface area contributed by atoms with Gasteiger partial charge in [0, 0.05) is 62.7 Å². The van der Waals surface area contributed by atoms with Crippen molar-refractivity contribution in [2.75, 3.05) is 36.8 Å². The van der Waals surface area contributed by atoms with Crippen molar-refractivity contribution in [1.82, 2.24) is 19.9 Å². The van der Waals surface area contributed by atoms with E-state index < -0.39 is 9.84 Å². The smallest absolute Gasteiger partial charge is 0.179 e. The molecule has 0 amide bonds. The molecule has 8 heteroatoms. The molecule has 172 valence electrons. The molecule has 0 bridgehead atoms. The zero-order valence-corrected chi connectivity index (χ0v) is 19.5. The second-order valence-electron chi connectivity index (χ2n) is 8.74. The lowest BCUT2D eigenvalue weighted by molar-refractivity contribution is 0.266. The highest BCUT2D eigenvalue weighted by atomic mass is 32.2. The van der Waals surface area contributed by atoms with Crippen LogP contribution in [0.25, 0.3) is 11.4 Å². The van der Waals surface area contributed by atoms with Crippen molar-refractivity contribution in [2.45, 2.75) is 37.1 Å². The number of aromatic nitrogens is 3. The Morgan fingerprint density at radius 1 is 0.879 bits per heavy atom. The number of fused-ring (bicyclic) bond motifs is 1. The van der Waals surface area contributed by atoms with Crippen molar-refractivity contribution < 1.29 is 8.42 Å². The molecule has 2 aromatic heterocycles. The Hall–Kier alpha value is -2.84. The third-order valence-corrected chi connectivity index (χ3v) is 8.20. The number of benzene rings is 1. The van der Waals surface area contributed by atoms with Gasteiger partial charge in [-0.15, -0.1) is 0 Å². The highest BCUT2D eigenvalue weighted by molar-refractivity contribution is 7.91. The standard InChI is InChI=1S/C25H29N5O2S/c31-33(32,21-7-3-1-4-8-21)18-17-29-16-11-23-22(19-29)25(30-14-5-2-6-15-30)28-24(27-23)20-9-12-26-13-10-20/h1,3-4,7-10,12-13H,2,5-6,11,14-19H2. The Kier molecular flexibility index (Phi) is 6.37. The highest BCUT2D eigenvalue weighted by Gasteiger charge is 2.27. The van der Waals surface area contributed by atoms with Gasteiger partial charge in [-0.25, -0.2) is 18.4 Å². The van der Waals surface area contributed by atoms with Gasteiger partial charge < -0.3 is 4.90 Å². The van der Waals surface area contributed by atoms with E-state index in [0.717, 1.165) is 54.5 Å². The zero-order chi connectivity index (χ0) is 22.7. The highest BCUT2D eigenvalue weighted by Crippen LogP contribution is 2.31. The molecule has 1 saturated heterocycles. The molecule has 2 aliphatic heterocycles. The molecular weight excluding hydrogens is 434 g/mol. The Bertz CT molecular complexity index is 1200. The summed E-state index contributed by atoms with van der Waals surface area (Å²) in [6.45, 7) is 3.98. The van der Waals surface area contributed by atoms with Crippen LogP contribution in [0.2, 0.25) is 0 Å². The Morgan fingerprint density at radius 3 is 2.39 bits per heavy atom. The van der Waals surface area contributed by atoms with E-state index in [2.05, 4.69) is 14.8 Å². The fourth-order valence-corrected chi connectivity index (χ4v) is 5.94. The quantitative estimate of drug-likeness (QED) is 0.555. The van der Waals surface area contributed by atoms with Gasteiger partial charge in [0.25, 0.3) is 0 Å². The molecule has 2 aliphatic rings. The minimum atomic E-state index is -3.30. The van der Waals surface area contributed by atoms with Crippen molar-refractivity contribution in [2.24, 2.45) is 0 Å². The maximum Gasteiger partial charge on any atom is 0.179 e. The van der Waals surface area contributed by atoms with Crippen molar-refractivity contribution in [3.8, 4) is 11.4 Å². The predicted molar refractivity (Wildman–Crippen MR) is 129 cm³/mol. The molecule has 4 heterocycles. The summed E-state index contributed by atoms with van der Waals surface area (Å²) >= 11 is 0. The SMILES string of the molecule is O=S(=O)(CCN1CCc2nc(-c3ccncc3)nc(N3CCCCC3)c2C1)c1ccccc1. The number of nitrogens with zero attached hydrogens (tertiary/aromatic N) is 5. The number of hydrogen-bond donors (Lipinski definition) is 0. The first-order chi connectivity index (χ1) is 16.1. The molecule has 33 heavy (non-hydrogen) atoms. The molecule has 0 spiro atoms. The van der Waals surface area contributed by atoms with Crippen LogP contribution in [-0.4, -0.2) is 60.2 Å². The maximum atomic E-state index is 12.8. The summed E-state index contributed by atoms with van der Waals surface area (Å²) in [5.74, 6) is 1.88. The number of anilines is 1. The maximum absolute atomic E-state index is 12.8. The van der Waals surface area contributed by atoms with Gasteiger partial charge >= 0.3 is 0 Å². The normalized spacial score (nSPS) is 17.0. The van der Waals surface area contributed by atoms with Gasteiger partial charge in [-0.2, -0.15) is 0 Å². The summed E-state index contributed by atoms with van der Waals surface area (Å²) in [4.78, 5) is 19.1. The second kappa shape index (κ2) is 9.57. The molecule has 3 aromatic rings. The number of rotatable bonds is 6. The summed E-state index contributed by atoms with van der Waals surface area (Å²) in [7, 11) is -3.30. The van der Waals surface area contributed by atoms with E-state index in [-0.39, 0.29) is 5.75 Å². The summed E-state index contributed by atoms with van der Waals surface area (Å²) < 4.78 is 25.5. The van der Waals surface area contributed by atoms with Gasteiger partial charge in [0.1, 0.15) is 5.82 Å². The second-order valence-corrected chi connectivity index (χ2v) is 10.8. The molecule has 0 aliphatic carbocycles. The van der Waals surface area contributed by atoms with Crippen LogP contribution in [-0.2, 0) is 22.8 Å². The van der Waals surface area contributed by atoms with E-state index in [1.807, 2.05) is 18.2 Å². The topological polar surface area (TPSA) is 79.3 Å². The molecule has 7 nitrogen and oxygen atoms in total. The molecule has 0 N–H and O–H groups in total. The van der Waals surface area contributed by atoms with E-state index >= 15 is 0 Å². The lowest BCUT2D eigenvalue weighted by atomic mass is 10.0. The Morgan fingerprint density at radius 2 is 1.64 bits per heavy atom. The van der Waals surface area contributed by atoms with E-state index in [1.54, 1.807) is 36.7 Å². The van der Waals surface area contributed by atoms with E-state index in [1.165, 1.54) is 19.3 Å². The first-order valence-electron chi connectivity index (χ1n) is 11.7. The lowest BCUT2D eigenvalue weighted by Gasteiger charge is -2.34. The van der Waals surface area contributed by atoms with Gasteiger partial charge in [0.05, 0.1) is 16.3 Å². The van der Waals surface area contributed by atoms with E-state index in [9.17, 15) is 8.42 Å². The molecule has 0 unspecified atom stereocenters. The monoisotopic (exact) mass is 463 g/mol. The van der Waals surface area contributed by atoms with Crippen LogP contribution >= 0.6 is 0 Å². The van der Waals surface area contributed by atoms with Gasteiger partial charge in [-0.1, -0.05) is 18.2 Å². The zero-order valence-electron chi connectivity index (χ0n) is 18.7. The van der Waals surface area contributed by atoms with Crippen LogP contribution in [0.1, 0.15) is 30.5 Å². The third-order valence-electron chi connectivity index (χ3n) is 6.49. The number of piperidine rings is 1. The number of sulfone groups is 1. The van der Waals surface area contributed by atoms with Crippen LogP contribution in [0.5, 0.6) is 0 Å². The van der Waals surface area contributed by atoms with Crippen molar-refractivity contribution in [1.29, 1.82) is 0 Å².